The highest BCUT2D eigenvalue weighted by molar-refractivity contribution is 6.07. The highest BCUT2D eigenvalue weighted by atomic mass is 16.5. The second kappa shape index (κ2) is 12.0. The molecule has 0 amide bonds. The Kier molecular flexibility index (Phi) is 6.99. The average Bonchev–Trinajstić information content (AvgIpc) is 3.19. The van der Waals surface area contributed by atoms with Crippen molar-refractivity contribution in [2.45, 2.75) is 24.9 Å². The quantitative estimate of drug-likeness (QED) is 0.174. The molecule has 9 aromatic carbocycles. The molecule has 10 rings (SSSR count). The van der Waals surface area contributed by atoms with E-state index in [0.717, 1.165) is 12.8 Å². The summed E-state index contributed by atoms with van der Waals surface area (Å²) in [5.74, 6) is 0.277. The molecule has 1 heteroatoms. The summed E-state index contributed by atoms with van der Waals surface area (Å²) in [6.07, 6.45) is 2.02. The summed E-state index contributed by atoms with van der Waals surface area (Å²) in [7, 11) is 0. The molecule has 238 valence electrons. The zero-order valence-electron chi connectivity index (χ0n) is 27.9. The van der Waals surface area contributed by atoms with Gasteiger partial charge >= 0.3 is 0 Å². The van der Waals surface area contributed by atoms with Crippen molar-refractivity contribution in [2.75, 3.05) is 6.61 Å². The maximum absolute atomic E-state index is 7.10. The van der Waals surface area contributed by atoms with Gasteiger partial charge in [-0.25, -0.2) is 0 Å². The van der Waals surface area contributed by atoms with Crippen LogP contribution in [0.2, 0.25) is 0 Å². The van der Waals surface area contributed by atoms with E-state index in [9.17, 15) is 0 Å². The van der Waals surface area contributed by atoms with E-state index in [1.807, 2.05) is 0 Å². The molecular weight excluding hydrogens is 605 g/mol. The Balaban J connectivity index is 1.09. The minimum Gasteiger partial charge on any atom is -0.373 e. The number of rotatable bonds is 4. The van der Waals surface area contributed by atoms with Crippen LogP contribution in [0.3, 0.4) is 0 Å². The Hall–Kier alpha value is -5.76. The summed E-state index contributed by atoms with van der Waals surface area (Å²) in [5.41, 5.74) is 7.89. The Labute approximate surface area is 292 Å². The van der Waals surface area contributed by atoms with E-state index >= 15 is 0 Å². The van der Waals surface area contributed by atoms with Gasteiger partial charge in [-0.3, -0.25) is 0 Å². The second-order valence-electron chi connectivity index (χ2n) is 13.8. The van der Waals surface area contributed by atoms with Gasteiger partial charge in [0.1, 0.15) is 0 Å². The molecule has 1 fully saturated rings. The topological polar surface area (TPSA) is 9.23 Å². The van der Waals surface area contributed by atoms with Crippen molar-refractivity contribution in [3.63, 3.8) is 0 Å². The molecule has 1 saturated heterocycles. The minimum atomic E-state index is 0.00802. The largest absolute Gasteiger partial charge is 0.373 e. The van der Waals surface area contributed by atoms with Crippen molar-refractivity contribution in [2.24, 2.45) is 0 Å². The SMILES string of the molecule is c1ccc2cc3c(-c4ccc5ccccc5c4C4CCC(c5c(-c6cccc7ccccc67)ccc6ccccc56)OC4)cccc3cc2c1. The summed E-state index contributed by atoms with van der Waals surface area (Å²) < 4.78 is 7.10. The van der Waals surface area contributed by atoms with Crippen LogP contribution >= 0.6 is 0 Å². The third kappa shape index (κ3) is 4.81. The number of hydrogen-bond donors (Lipinski definition) is 0. The van der Waals surface area contributed by atoms with Crippen molar-refractivity contribution in [1.29, 1.82) is 0 Å². The molecule has 1 aliphatic heterocycles. The van der Waals surface area contributed by atoms with E-state index in [0.29, 0.717) is 6.61 Å². The lowest BCUT2D eigenvalue weighted by Gasteiger charge is -2.33. The molecule has 0 aliphatic carbocycles. The monoisotopic (exact) mass is 640 g/mol. The average molecular weight is 641 g/mol. The van der Waals surface area contributed by atoms with E-state index in [-0.39, 0.29) is 12.0 Å². The lowest BCUT2D eigenvalue weighted by molar-refractivity contribution is 0.00391. The van der Waals surface area contributed by atoms with Crippen molar-refractivity contribution in [3.05, 3.63) is 181 Å². The van der Waals surface area contributed by atoms with Gasteiger partial charge in [0, 0.05) is 5.92 Å². The molecule has 1 heterocycles. The zero-order chi connectivity index (χ0) is 33.0. The Morgan fingerprint density at radius 3 is 1.50 bits per heavy atom. The maximum atomic E-state index is 7.10. The fraction of sp³-hybridized carbons (Fsp3) is 0.102. The third-order valence-electron chi connectivity index (χ3n) is 11.1. The van der Waals surface area contributed by atoms with Gasteiger partial charge in [0.05, 0.1) is 12.7 Å². The fourth-order valence-corrected chi connectivity index (χ4v) is 8.72. The summed E-state index contributed by atoms with van der Waals surface area (Å²) in [4.78, 5) is 0. The molecule has 0 N–H and O–H groups in total. The van der Waals surface area contributed by atoms with Crippen LogP contribution in [0.15, 0.2) is 170 Å². The third-order valence-corrected chi connectivity index (χ3v) is 11.1. The molecule has 0 saturated carbocycles. The first-order valence-electron chi connectivity index (χ1n) is 17.8. The van der Waals surface area contributed by atoms with E-state index in [1.54, 1.807) is 0 Å². The molecule has 50 heavy (non-hydrogen) atoms. The molecular formula is C49H36O. The highest BCUT2D eigenvalue weighted by Gasteiger charge is 2.30. The van der Waals surface area contributed by atoms with Crippen LogP contribution in [0, 0.1) is 0 Å². The summed E-state index contributed by atoms with van der Waals surface area (Å²) in [6.45, 7) is 0.678. The van der Waals surface area contributed by atoms with Crippen molar-refractivity contribution in [1.82, 2.24) is 0 Å². The summed E-state index contributed by atoms with van der Waals surface area (Å²) in [5, 5.41) is 12.8. The van der Waals surface area contributed by atoms with E-state index in [1.165, 1.54) is 87.2 Å². The van der Waals surface area contributed by atoms with Gasteiger partial charge in [-0.15, -0.1) is 0 Å². The van der Waals surface area contributed by atoms with Gasteiger partial charge in [0.25, 0.3) is 0 Å². The first-order chi connectivity index (χ1) is 24.8. The predicted octanol–water partition coefficient (Wildman–Crippen LogP) is 13.4. The lowest BCUT2D eigenvalue weighted by atomic mass is 9.80. The number of ether oxygens (including phenoxy) is 1. The molecule has 1 aliphatic rings. The first-order valence-corrected chi connectivity index (χ1v) is 17.8. The van der Waals surface area contributed by atoms with Crippen LogP contribution in [-0.4, -0.2) is 6.61 Å². The maximum Gasteiger partial charge on any atom is 0.0837 e. The Bertz CT molecular complexity index is 2720. The van der Waals surface area contributed by atoms with Gasteiger partial charge in [-0.1, -0.05) is 158 Å². The minimum absolute atomic E-state index is 0.00802. The van der Waals surface area contributed by atoms with Gasteiger partial charge in [-0.05, 0) is 112 Å². The molecule has 2 unspecified atom stereocenters. The second-order valence-corrected chi connectivity index (χ2v) is 13.8. The standard InChI is InChI=1S/C49H36O/c1-2-15-36-30-46-37(29-35(36)14-1)17-10-22-43(46)44-26-23-33-12-4-7-19-40(33)48(44)38-25-28-47(50-31-38)49-41-20-8-5-13-34(41)24-27-45(49)42-21-9-16-32-11-3-6-18-39(32)42/h1-24,26-27,29-30,38,47H,25,28,31H2. The van der Waals surface area contributed by atoms with Gasteiger partial charge in [-0.2, -0.15) is 0 Å². The van der Waals surface area contributed by atoms with Gasteiger partial charge in [0.15, 0.2) is 0 Å². The van der Waals surface area contributed by atoms with Crippen molar-refractivity contribution >= 4 is 53.9 Å². The number of benzene rings is 9. The van der Waals surface area contributed by atoms with Gasteiger partial charge < -0.3 is 4.74 Å². The molecule has 0 radical (unpaired) electrons. The first kappa shape index (κ1) is 29.2. The van der Waals surface area contributed by atoms with Crippen LogP contribution in [-0.2, 0) is 4.74 Å². The van der Waals surface area contributed by atoms with E-state index < -0.39 is 0 Å². The van der Waals surface area contributed by atoms with Crippen LogP contribution in [0.4, 0.5) is 0 Å². The molecule has 2 atom stereocenters. The lowest BCUT2D eigenvalue weighted by Crippen LogP contribution is -2.21. The van der Waals surface area contributed by atoms with Gasteiger partial charge in [0.2, 0.25) is 0 Å². The summed E-state index contributed by atoms with van der Waals surface area (Å²) in [6, 6.07) is 62.5. The van der Waals surface area contributed by atoms with Crippen LogP contribution < -0.4 is 0 Å². The number of fused-ring (bicyclic) bond motifs is 5. The molecule has 9 aromatic rings. The number of hydrogen-bond acceptors (Lipinski definition) is 1. The summed E-state index contributed by atoms with van der Waals surface area (Å²) >= 11 is 0. The van der Waals surface area contributed by atoms with Crippen molar-refractivity contribution in [3.8, 4) is 22.3 Å². The van der Waals surface area contributed by atoms with E-state index in [2.05, 4.69) is 170 Å². The zero-order valence-corrected chi connectivity index (χ0v) is 27.9. The highest BCUT2D eigenvalue weighted by Crippen LogP contribution is 2.47. The normalized spacial score (nSPS) is 16.5. The van der Waals surface area contributed by atoms with Crippen LogP contribution in [0.5, 0.6) is 0 Å². The van der Waals surface area contributed by atoms with Crippen LogP contribution in [0.25, 0.3) is 76.1 Å². The molecule has 0 aromatic heterocycles. The molecule has 0 spiro atoms. The van der Waals surface area contributed by atoms with E-state index in [4.69, 9.17) is 4.74 Å². The molecule has 0 bridgehead atoms. The smallest absolute Gasteiger partial charge is 0.0837 e. The Morgan fingerprint density at radius 2 is 0.840 bits per heavy atom. The molecule has 1 nitrogen and oxygen atoms in total. The van der Waals surface area contributed by atoms with Crippen LogP contribution in [0.1, 0.15) is 36.0 Å². The fourth-order valence-electron chi connectivity index (χ4n) is 8.72. The predicted molar refractivity (Wildman–Crippen MR) is 212 cm³/mol. The van der Waals surface area contributed by atoms with Crippen molar-refractivity contribution < 1.29 is 4.74 Å². The Morgan fingerprint density at radius 1 is 0.340 bits per heavy atom.